The number of rotatable bonds is 5. The molecule has 0 aliphatic rings. The van der Waals surface area contributed by atoms with Gasteiger partial charge in [-0.15, -0.1) is 0 Å². The molecule has 1 atom stereocenters. The van der Waals surface area contributed by atoms with Crippen molar-refractivity contribution in [2.24, 2.45) is 0 Å². The lowest BCUT2D eigenvalue weighted by Crippen LogP contribution is -2.38. The fourth-order valence-corrected chi connectivity index (χ4v) is 2.35. The summed E-state index contributed by atoms with van der Waals surface area (Å²) in [7, 11) is 0. The van der Waals surface area contributed by atoms with Gasteiger partial charge in [0.25, 0.3) is 5.91 Å². The molecule has 0 aliphatic heterocycles. The molecule has 0 aliphatic carbocycles. The highest BCUT2D eigenvalue weighted by molar-refractivity contribution is 6.34. The SMILES string of the molecule is Cc1ccc(F)c(C(=O)NC(C=O)Cc2ccccc2)c1Cl. The minimum Gasteiger partial charge on any atom is -0.342 e. The van der Waals surface area contributed by atoms with Crippen molar-refractivity contribution in [2.45, 2.75) is 19.4 Å². The average Bonchev–Trinajstić information content (AvgIpc) is 2.51. The van der Waals surface area contributed by atoms with Crippen molar-refractivity contribution in [2.75, 3.05) is 0 Å². The third-order valence-electron chi connectivity index (χ3n) is 3.29. The zero-order chi connectivity index (χ0) is 16.1. The average molecular weight is 320 g/mol. The molecule has 22 heavy (non-hydrogen) atoms. The van der Waals surface area contributed by atoms with Gasteiger partial charge in [0.1, 0.15) is 12.1 Å². The minimum atomic E-state index is -0.745. The molecule has 1 unspecified atom stereocenters. The number of hydrogen-bond acceptors (Lipinski definition) is 2. The van der Waals surface area contributed by atoms with Gasteiger partial charge in [-0.05, 0) is 30.5 Å². The number of carbonyl (C=O) groups excluding carboxylic acids is 2. The molecule has 0 heterocycles. The second-order valence-corrected chi connectivity index (χ2v) is 5.34. The van der Waals surface area contributed by atoms with E-state index in [-0.39, 0.29) is 10.6 Å². The van der Waals surface area contributed by atoms with Gasteiger partial charge in [-0.25, -0.2) is 4.39 Å². The van der Waals surface area contributed by atoms with E-state index in [0.717, 1.165) is 5.56 Å². The van der Waals surface area contributed by atoms with Crippen LogP contribution < -0.4 is 5.32 Å². The largest absolute Gasteiger partial charge is 0.342 e. The topological polar surface area (TPSA) is 46.2 Å². The molecule has 0 fully saturated rings. The van der Waals surface area contributed by atoms with Crippen LogP contribution in [0.15, 0.2) is 42.5 Å². The van der Waals surface area contributed by atoms with Crippen LogP contribution in [0.5, 0.6) is 0 Å². The first-order chi connectivity index (χ1) is 10.5. The molecule has 1 amide bonds. The van der Waals surface area contributed by atoms with E-state index in [1.54, 1.807) is 6.92 Å². The number of carbonyl (C=O) groups is 2. The van der Waals surface area contributed by atoms with Crippen LogP contribution in [0.3, 0.4) is 0 Å². The first kappa shape index (κ1) is 16.2. The van der Waals surface area contributed by atoms with E-state index >= 15 is 0 Å². The molecule has 0 saturated heterocycles. The number of nitrogens with one attached hydrogen (secondary N) is 1. The fraction of sp³-hybridized carbons (Fsp3) is 0.176. The Balaban J connectivity index is 2.16. The van der Waals surface area contributed by atoms with Gasteiger partial charge >= 0.3 is 0 Å². The Morgan fingerprint density at radius 1 is 1.27 bits per heavy atom. The van der Waals surface area contributed by atoms with Gasteiger partial charge < -0.3 is 10.1 Å². The molecule has 0 aromatic heterocycles. The molecule has 1 N–H and O–H groups in total. The number of hydrogen-bond donors (Lipinski definition) is 1. The van der Waals surface area contributed by atoms with Crippen LogP contribution in [-0.2, 0) is 11.2 Å². The molecule has 0 saturated carbocycles. The third-order valence-corrected chi connectivity index (χ3v) is 3.78. The van der Waals surface area contributed by atoms with Crippen molar-refractivity contribution in [1.29, 1.82) is 0 Å². The van der Waals surface area contributed by atoms with Crippen molar-refractivity contribution >= 4 is 23.8 Å². The molecule has 2 aromatic rings. The Hall–Kier alpha value is -2.20. The highest BCUT2D eigenvalue weighted by Crippen LogP contribution is 2.23. The van der Waals surface area contributed by atoms with Crippen LogP contribution in [0.25, 0.3) is 0 Å². The number of benzene rings is 2. The van der Waals surface area contributed by atoms with E-state index < -0.39 is 17.8 Å². The van der Waals surface area contributed by atoms with Crippen molar-refractivity contribution < 1.29 is 14.0 Å². The lowest BCUT2D eigenvalue weighted by atomic mass is 10.1. The van der Waals surface area contributed by atoms with E-state index in [0.29, 0.717) is 18.3 Å². The maximum Gasteiger partial charge on any atom is 0.256 e. The summed E-state index contributed by atoms with van der Waals surface area (Å²) < 4.78 is 13.8. The predicted molar refractivity (Wildman–Crippen MR) is 83.6 cm³/mol. The lowest BCUT2D eigenvalue weighted by Gasteiger charge is -2.14. The standard InChI is InChI=1S/C17H15ClFNO2/c1-11-7-8-14(19)15(16(11)18)17(22)20-13(10-21)9-12-5-3-2-4-6-12/h2-8,10,13H,9H2,1H3,(H,20,22). The molecule has 114 valence electrons. The van der Waals surface area contributed by atoms with Gasteiger partial charge in [0.15, 0.2) is 0 Å². The normalized spacial score (nSPS) is 11.8. The summed E-state index contributed by atoms with van der Waals surface area (Å²) in [6, 6.07) is 11.2. The zero-order valence-electron chi connectivity index (χ0n) is 12.0. The fourth-order valence-electron chi connectivity index (χ4n) is 2.11. The van der Waals surface area contributed by atoms with Gasteiger partial charge in [0.2, 0.25) is 0 Å². The molecule has 3 nitrogen and oxygen atoms in total. The van der Waals surface area contributed by atoms with Crippen molar-refractivity contribution in [3.05, 3.63) is 70.0 Å². The summed E-state index contributed by atoms with van der Waals surface area (Å²) in [6.45, 7) is 1.68. The summed E-state index contributed by atoms with van der Waals surface area (Å²) in [5.74, 6) is -1.41. The summed E-state index contributed by atoms with van der Waals surface area (Å²) in [4.78, 5) is 23.4. The van der Waals surface area contributed by atoms with E-state index in [1.165, 1.54) is 12.1 Å². The van der Waals surface area contributed by atoms with Gasteiger partial charge in [0.05, 0.1) is 16.6 Å². The van der Waals surface area contributed by atoms with Gasteiger partial charge in [-0.1, -0.05) is 48.0 Å². The van der Waals surface area contributed by atoms with Crippen LogP contribution >= 0.6 is 11.6 Å². The number of aryl methyl sites for hydroxylation is 1. The maximum absolute atomic E-state index is 13.8. The van der Waals surface area contributed by atoms with E-state index in [2.05, 4.69) is 5.32 Å². The van der Waals surface area contributed by atoms with Gasteiger partial charge in [-0.2, -0.15) is 0 Å². The Labute approximate surface area is 133 Å². The van der Waals surface area contributed by atoms with Crippen molar-refractivity contribution in [3.8, 4) is 0 Å². The second-order valence-electron chi connectivity index (χ2n) is 4.96. The minimum absolute atomic E-state index is 0.0573. The molecule has 0 bridgehead atoms. The number of aldehydes is 1. The van der Waals surface area contributed by atoms with Crippen LogP contribution in [0.4, 0.5) is 4.39 Å². The van der Waals surface area contributed by atoms with Crippen LogP contribution in [0.2, 0.25) is 5.02 Å². The second kappa shape index (κ2) is 7.18. The number of amides is 1. The third kappa shape index (κ3) is 3.71. The molecule has 2 rings (SSSR count). The molecule has 0 radical (unpaired) electrons. The van der Waals surface area contributed by atoms with Crippen LogP contribution in [0.1, 0.15) is 21.5 Å². The predicted octanol–water partition coefficient (Wildman–Crippen LogP) is 3.33. The lowest BCUT2D eigenvalue weighted by molar-refractivity contribution is -0.109. The zero-order valence-corrected chi connectivity index (χ0v) is 12.7. The Bertz CT molecular complexity index is 689. The Morgan fingerprint density at radius 2 is 1.95 bits per heavy atom. The monoisotopic (exact) mass is 319 g/mol. The summed E-state index contributed by atoms with van der Waals surface area (Å²) >= 11 is 5.99. The van der Waals surface area contributed by atoms with E-state index in [9.17, 15) is 14.0 Å². The summed E-state index contributed by atoms with van der Waals surface area (Å²) in [5.41, 5.74) is 1.26. The number of halogens is 2. The summed E-state index contributed by atoms with van der Waals surface area (Å²) in [6.07, 6.45) is 0.966. The molecular formula is C17H15ClFNO2. The van der Waals surface area contributed by atoms with Crippen LogP contribution in [0, 0.1) is 12.7 Å². The summed E-state index contributed by atoms with van der Waals surface area (Å²) in [5, 5.41) is 2.57. The Morgan fingerprint density at radius 3 is 2.59 bits per heavy atom. The van der Waals surface area contributed by atoms with E-state index in [4.69, 9.17) is 11.6 Å². The van der Waals surface area contributed by atoms with E-state index in [1.807, 2.05) is 30.3 Å². The van der Waals surface area contributed by atoms with Crippen LogP contribution in [-0.4, -0.2) is 18.2 Å². The Kier molecular flexibility index (Phi) is 5.28. The first-order valence-electron chi connectivity index (χ1n) is 6.77. The molecule has 0 spiro atoms. The highest BCUT2D eigenvalue weighted by atomic mass is 35.5. The quantitative estimate of drug-likeness (QED) is 0.859. The van der Waals surface area contributed by atoms with Gasteiger partial charge in [0, 0.05) is 0 Å². The highest BCUT2D eigenvalue weighted by Gasteiger charge is 2.20. The van der Waals surface area contributed by atoms with Crippen molar-refractivity contribution in [3.63, 3.8) is 0 Å². The van der Waals surface area contributed by atoms with Gasteiger partial charge in [-0.3, -0.25) is 4.79 Å². The molecule has 5 heteroatoms. The smallest absolute Gasteiger partial charge is 0.256 e. The first-order valence-corrected chi connectivity index (χ1v) is 7.15. The maximum atomic E-state index is 13.8. The molecule has 2 aromatic carbocycles. The molecular weight excluding hydrogens is 305 g/mol. The van der Waals surface area contributed by atoms with Crippen molar-refractivity contribution in [1.82, 2.24) is 5.32 Å².